The number of carbonyl (C=O) groups is 2. The quantitative estimate of drug-likeness (QED) is 0.930. The average molecular weight is 268 g/mol. The lowest BCUT2D eigenvalue weighted by molar-refractivity contribution is 0.0828. The van der Waals surface area contributed by atoms with Crippen molar-refractivity contribution in [2.45, 2.75) is 0 Å². The first-order valence-corrected chi connectivity index (χ1v) is 6.26. The lowest BCUT2D eigenvalue weighted by Gasteiger charge is -2.14. The Morgan fingerprint density at radius 1 is 0.900 bits per heavy atom. The van der Waals surface area contributed by atoms with Gasteiger partial charge in [0.25, 0.3) is 11.8 Å². The van der Waals surface area contributed by atoms with Gasteiger partial charge in [-0.1, -0.05) is 30.3 Å². The summed E-state index contributed by atoms with van der Waals surface area (Å²) in [5.74, 6) is -0.376. The number of nitrogens with zero attached hydrogens (tertiary/aromatic N) is 1. The molecule has 0 aliphatic rings. The van der Waals surface area contributed by atoms with Crippen molar-refractivity contribution in [2.75, 3.05) is 19.4 Å². The van der Waals surface area contributed by atoms with Gasteiger partial charge in [-0.05, 0) is 24.3 Å². The predicted octanol–water partition coefficient (Wildman–Crippen LogP) is 2.64. The number of para-hydroxylation sites is 1. The van der Waals surface area contributed by atoms with Crippen molar-refractivity contribution in [1.29, 1.82) is 0 Å². The van der Waals surface area contributed by atoms with E-state index < -0.39 is 0 Å². The van der Waals surface area contributed by atoms with Gasteiger partial charge in [0.05, 0.1) is 11.3 Å². The van der Waals surface area contributed by atoms with E-state index in [9.17, 15) is 9.59 Å². The third-order valence-electron chi connectivity index (χ3n) is 2.85. The van der Waals surface area contributed by atoms with Crippen LogP contribution in [0.3, 0.4) is 0 Å². The first-order valence-electron chi connectivity index (χ1n) is 6.26. The molecule has 0 heterocycles. The SMILES string of the molecule is CN(C)C(=O)c1ccccc1NC(=O)c1ccccc1. The number of benzene rings is 2. The van der Waals surface area contributed by atoms with Crippen molar-refractivity contribution < 1.29 is 9.59 Å². The van der Waals surface area contributed by atoms with Crippen LogP contribution in [0.15, 0.2) is 54.6 Å². The fourth-order valence-corrected chi connectivity index (χ4v) is 1.80. The van der Waals surface area contributed by atoms with Crippen LogP contribution in [0.1, 0.15) is 20.7 Å². The summed E-state index contributed by atoms with van der Waals surface area (Å²) in [4.78, 5) is 25.7. The van der Waals surface area contributed by atoms with Crippen LogP contribution in [-0.4, -0.2) is 30.8 Å². The minimum absolute atomic E-state index is 0.144. The molecule has 4 nitrogen and oxygen atoms in total. The number of anilines is 1. The summed E-state index contributed by atoms with van der Waals surface area (Å²) < 4.78 is 0. The normalized spacial score (nSPS) is 9.90. The van der Waals surface area contributed by atoms with E-state index in [1.807, 2.05) is 6.07 Å². The highest BCUT2D eigenvalue weighted by Crippen LogP contribution is 2.17. The van der Waals surface area contributed by atoms with Crippen LogP contribution in [-0.2, 0) is 0 Å². The molecule has 2 amide bonds. The number of hydrogen-bond acceptors (Lipinski definition) is 2. The van der Waals surface area contributed by atoms with Crippen LogP contribution >= 0.6 is 0 Å². The maximum absolute atomic E-state index is 12.1. The Morgan fingerprint density at radius 3 is 2.15 bits per heavy atom. The molecular weight excluding hydrogens is 252 g/mol. The molecule has 2 aromatic carbocycles. The molecule has 102 valence electrons. The zero-order valence-electron chi connectivity index (χ0n) is 11.5. The van der Waals surface area contributed by atoms with Gasteiger partial charge in [0.1, 0.15) is 0 Å². The number of rotatable bonds is 3. The van der Waals surface area contributed by atoms with Crippen molar-refractivity contribution in [2.24, 2.45) is 0 Å². The molecule has 0 aliphatic heterocycles. The summed E-state index contributed by atoms with van der Waals surface area (Å²) in [6, 6.07) is 15.9. The predicted molar refractivity (Wildman–Crippen MR) is 78.9 cm³/mol. The van der Waals surface area contributed by atoms with Crippen LogP contribution in [0.2, 0.25) is 0 Å². The van der Waals surface area contributed by atoms with E-state index in [2.05, 4.69) is 5.32 Å². The Bertz CT molecular complexity index is 621. The molecule has 0 bridgehead atoms. The molecule has 20 heavy (non-hydrogen) atoms. The molecule has 0 unspecified atom stereocenters. The summed E-state index contributed by atoms with van der Waals surface area (Å²) in [7, 11) is 3.36. The van der Waals surface area contributed by atoms with Crippen molar-refractivity contribution in [1.82, 2.24) is 4.90 Å². The highest BCUT2D eigenvalue weighted by molar-refractivity contribution is 6.08. The topological polar surface area (TPSA) is 49.4 Å². The summed E-state index contributed by atoms with van der Waals surface area (Å²) in [5, 5.41) is 2.78. The van der Waals surface area contributed by atoms with Crippen LogP contribution in [0.25, 0.3) is 0 Å². The molecule has 0 spiro atoms. The Hall–Kier alpha value is -2.62. The number of nitrogens with one attached hydrogen (secondary N) is 1. The Kier molecular flexibility index (Phi) is 4.15. The van der Waals surface area contributed by atoms with Gasteiger partial charge in [0, 0.05) is 19.7 Å². The molecule has 0 atom stereocenters. The lowest BCUT2D eigenvalue weighted by Crippen LogP contribution is -2.24. The molecule has 0 fully saturated rings. The number of carbonyl (C=O) groups excluding carboxylic acids is 2. The van der Waals surface area contributed by atoms with Crippen LogP contribution in [0.5, 0.6) is 0 Å². The second-order valence-corrected chi connectivity index (χ2v) is 4.57. The van der Waals surface area contributed by atoms with E-state index in [4.69, 9.17) is 0 Å². The summed E-state index contributed by atoms with van der Waals surface area (Å²) >= 11 is 0. The molecular formula is C16H16N2O2. The molecule has 0 radical (unpaired) electrons. The highest BCUT2D eigenvalue weighted by Gasteiger charge is 2.14. The first-order chi connectivity index (χ1) is 9.59. The molecule has 4 heteroatoms. The van der Waals surface area contributed by atoms with Crippen LogP contribution in [0, 0.1) is 0 Å². The van der Waals surface area contributed by atoms with E-state index in [0.717, 1.165) is 0 Å². The molecule has 2 aromatic rings. The van der Waals surface area contributed by atoms with Crippen LogP contribution < -0.4 is 5.32 Å². The van der Waals surface area contributed by atoms with Crippen molar-refractivity contribution >= 4 is 17.5 Å². The Morgan fingerprint density at radius 2 is 1.50 bits per heavy atom. The third-order valence-corrected chi connectivity index (χ3v) is 2.85. The van der Waals surface area contributed by atoms with E-state index in [1.165, 1.54) is 4.90 Å². The average Bonchev–Trinajstić information content (AvgIpc) is 2.48. The second kappa shape index (κ2) is 6.02. The largest absolute Gasteiger partial charge is 0.345 e. The summed E-state index contributed by atoms with van der Waals surface area (Å²) in [6.45, 7) is 0. The standard InChI is InChI=1S/C16H16N2O2/c1-18(2)16(20)13-10-6-7-11-14(13)17-15(19)12-8-4-3-5-9-12/h3-11H,1-2H3,(H,17,19). The second-order valence-electron chi connectivity index (χ2n) is 4.57. The number of hydrogen-bond donors (Lipinski definition) is 1. The van der Waals surface area contributed by atoms with E-state index in [-0.39, 0.29) is 11.8 Å². The monoisotopic (exact) mass is 268 g/mol. The van der Waals surface area contributed by atoms with Crippen LogP contribution in [0.4, 0.5) is 5.69 Å². The van der Waals surface area contributed by atoms with E-state index in [0.29, 0.717) is 16.8 Å². The smallest absolute Gasteiger partial charge is 0.255 e. The van der Waals surface area contributed by atoms with Gasteiger partial charge in [-0.2, -0.15) is 0 Å². The van der Waals surface area contributed by atoms with E-state index >= 15 is 0 Å². The van der Waals surface area contributed by atoms with Gasteiger partial charge in [0.15, 0.2) is 0 Å². The lowest BCUT2D eigenvalue weighted by atomic mass is 10.1. The van der Waals surface area contributed by atoms with Gasteiger partial charge in [-0.15, -0.1) is 0 Å². The third kappa shape index (κ3) is 3.03. The zero-order valence-corrected chi connectivity index (χ0v) is 11.5. The maximum atomic E-state index is 12.1. The van der Waals surface area contributed by atoms with Gasteiger partial charge < -0.3 is 10.2 Å². The minimum Gasteiger partial charge on any atom is -0.345 e. The number of amides is 2. The van der Waals surface area contributed by atoms with Gasteiger partial charge in [-0.3, -0.25) is 9.59 Å². The van der Waals surface area contributed by atoms with Crippen molar-refractivity contribution in [3.63, 3.8) is 0 Å². The minimum atomic E-state index is -0.232. The van der Waals surface area contributed by atoms with Gasteiger partial charge in [-0.25, -0.2) is 0 Å². The molecule has 0 aliphatic carbocycles. The molecule has 0 saturated heterocycles. The molecule has 2 rings (SSSR count). The first kappa shape index (κ1) is 13.8. The zero-order chi connectivity index (χ0) is 14.5. The summed E-state index contributed by atoms with van der Waals surface area (Å²) in [6.07, 6.45) is 0. The highest BCUT2D eigenvalue weighted by atomic mass is 16.2. The van der Waals surface area contributed by atoms with Gasteiger partial charge >= 0.3 is 0 Å². The summed E-state index contributed by atoms with van der Waals surface area (Å²) in [5.41, 5.74) is 1.54. The van der Waals surface area contributed by atoms with Crippen molar-refractivity contribution in [3.8, 4) is 0 Å². The molecule has 0 saturated carbocycles. The van der Waals surface area contributed by atoms with Crippen molar-refractivity contribution in [3.05, 3.63) is 65.7 Å². The van der Waals surface area contributed by atoms with Gasteiger partial charge in [0.2, 0.25) is 0 Å². The molecule has 0 aromatic heterocycles. The Balaban J connectivity index is 2.26. The molecule has 1 N–H and O–H groups in total. The fraction of sp³-hybridized carbons (Fsp3) is 0.125. The Labute approximate surface area is 118 Å². The fourth-order valence-electron chi connectivity index (χ4n) is 1.80. The van der Waals surface area contributed by atoms with E-state index in [1.54, 1.807) is 62.6 Å². The maximum Gasteiger partial charge on any atom is 0.255 e.